The van der Waals surface area contributed by atoms with E-state index in [1.54, 1.807) is 23.1 Å². The second-order valence-corrected chi connectivity index (χ2v) is 10.2. The van der Waals surface area contributed by atoms with E-state index in [4.69, 9.17) is 0 Å². The number of nitrogens with one attached hydrogen (secondary N) is 1. The number of hydrogen-bond acceptors (Lipinski definition) is 5. The Morgan fingerprint density at radius 2 is 1.84 bits per heavy atom. The lowest BCUT2D eigenvalue weighted by molar-refractivity contribution is 0.0718. The number of amides is 1. The third-order valence-corrected chi connectivity index (χ3v) is 7.45. The molecule has 196 valence electrons. The zero-order valence-electron chi connectivity index (χ0n) is 20.6. The second-order valence-electron chi connectivity index (χ2n) is 10.2. The molecule has 8 nitrogen and oxygen atoms in total. The van der Waals surface area contributed by atoms with E-state index in [2.05, 4.69) is 15.4 Å². The molecular weight excluding hydrogens is 492 g/mol. The van der Waals surface area contributed by atoms with Gasteiger partial charge in [0, 0.05) is 29.7 Å². The highest BCUT2D eigenvalue weighted by molar-refractivity contribution is 6.05. The van der Waals surface area contributed by atoms with E-state index in [9.17, 15) is 14.7 Å². The number of nitrogens with zero attached hydrogens (tertiary/aromatic N) is 4. The van der Waals surface area contributed by atoms with Crippen LogP contribution in [-0.4, -0.2) is 42.5 Å². The minimum Gasteiger partial charge on any atom is -0.391 e. The Bertz CT molecular complexity index is 1570. The Hall–Kier alpha value is -3.92. The van der Waals surface area contributed by atoms with Gasteiger partial charge in [0.1, 0.15) is 11.6 Å². The lowest BCUT2D eigenvalue weighted by atomic mass is 9.92. The van der Waals surface area contributed by atoms with Gasteiger partial charge in [-0.1, -0.05) is 12.8 Å². The molecule has 10 heteroatoms. The van der Waals surface area contributed by atoms with E-state index in [0.29, 0.717) is 30.0 Å². The quantitative estimate of drug-likeness (QED) is 0.402. The Morgan fingerprint density at radius 3 is 2.58 bits per heavy atom. The summed E-state index contributed by atoms with van der Waals surface area (Å²) in [6, 6.07) is 5.50. The summed E-state index contributed by atoms with van der Waals surface area (Å²) in [5, 5.41) is 17.6. The average Bonchev–Trinajstić information content (AvgIpc) is 3.64. The van der Waals surface area contributed by atoms with Crippen LogP contribution in [0.3, 0.4) is 0 Å². The molecule has 0 radical (unpaired) electrons. The van der Waals surface area contributed by atoms with Crippen molar-refractivity contribution in [3.8, 4) is 11.1 Å². The first-order chi connectivity index (χ1) is 18.4. The van der Waals surface area contributed by atoms with Gasteiger partial charge in [0.05, 0.1) is 47.4 Å². The summed E-state index contributed by atoms with van der Waals surface area (Å²) in [6.07, 6.45) is 10.6. The van der Waals surface area contributed by atoms with Crippen LogP contribution in [-0.2, 0) is 6.54 Å². The standard InChI is InChI=1S/C28H27F2N5O3/c29-22-10-16(17-12-32-35(13-17)18-7-8-18)11-23(30)20(22)14-34-15-21(26-19(28(34)38)4-3-9-31-26)27(37)33-24-5-1-2-6-25(24)36/h3-4,9-13,15,18,24-25,36H,1-2,5-8,14H2,(H,33,37)/t24-,25-/m0/s1. The number of carbonyl (C=O) groups excluding carboxylic acids is 1. The maximum Gasteiger partial charge on any atom is 0.260 e. The van der Waals surface area contributed by atoms with Crippen LogP contribution in [0, 0.1) is 11.6 Å². The molecule has 2 saturated carbocycles. The minimum atomic E-state index is -0.798. The van der Waals surface area contributed by atoms with E-state index >= 15 is 8.78 Å². The molecule has 1 aromatic carbocycles. The van der Waals surface area contributed by atoms with Crippen LogP contribution in [0.15, 0.2) is 53.8 Å². The molecule has 4 aromatic rings. The first kappa shape index (κ1) is 24.4. The predicted octanol–water partition coefficient (Wildman–Crippen LogP) is 3.95. The number of rotatable bonds is 6. The van der Waals surface area contributed by atoms with Gasteiger partial charge in [0.25, 0.3) is 11.5 Å². The van der Waals surface area contributed by atoms with Gasteiger partial charge >= 0.3 is 0 Å². The van der Waals surface area contributed by atoms with E-state index in [1.165, 1.54) is 30.6 Å². The lowest BCUT2D eigenvalue weighted by Gasteiger charge is -2.28. The SMILES string of the molecule is O=C(N[C@H]1CCCC[C@@H]1O)c1cn(Cc2c(F)cc(-c3cnn(C4CC4)c3)cc2F)c(=O)c2cccnc12. The van der Waals surface area contributed by atoms with Crippen molar-refractivity contribution in [2.45, 2.75) is 63.3 Å². The smallest absolute Gasteiger partial charge is 0.260 e. The molecule has 2 aliphatic rings. The molecule has 0 saturated heterocycles. The van der Waals surface area contributed by atoms with Crippen molar-refractivity contribution in [1.29, 1.82) is 0 Å². The monoisotopic (exact) mass is 519 g/mol. The maximum absolute atomic E-state index is 15.2. The molecule has 2 atom stereocenters. The summed E-state index contributed by atoms with van der Waals surface area (Å²) in [4.78, 5) is 30.7. The molecule has 0 unspecified atom stereocenters. The minimum absolute atomic E-state index is 0.0999. The molecule has 6 rings (SSSR count). The number of halogens is 2. The molecule has 3 heterocycles. The molecular formula is C28H27F2N5O3. The Labute approximate surface area is 216 Å². The Morgan fingerprint density at radius 1 is 1.08 bits per heavy atom. The number of carbonyl (C=O) groups is 1. The highest BCUT2D eigenvalue weighted by atomic mass is 19.1. The number of aromatic nitrogens is 4. The topological polar surface area (TPSA) is 102 Å². The zero-order chi connectivity index (χ0) is 26.4. The molecule has 2 fully saturated rings. The highest BCUT2D eigenvalue weighted by Gasteiger charge is 2.27. The van der Waals surface area contributed by atoms with Gasteiger partial charge in [-0.3, -0.25) is 19.3 Å². The summed E-state index contributed by atoms with van der Waals surface area (Å²) in [5.41, 5.74) is 0.456. The summed E-state index contributed by atoms with van der Waals surface area (Å²) in [5.74, 6) is -2.10. The fourth-order valence-electron chi connectivity index (χ4n) is 5.15. The van der Waals surface area contributed by atoms with E-state index in [-0.39, 0.29) is 22.0 Å². The average molecular weight is 520 g/mol. The van der Waals surface area contributed by atoms with Gasteiger partial charge < -0.3 is 15.0 Å². The molecule has 38 heavy (non-hydrogen) atoms. The maximum atomic E-state index is 15.2. The molecule has 0 spiro atoms. The van der Waals surface area contributed by atoms with Gasteiger partial charge in [-0.25, -0.2) is 8.78 Å². The molecule has 1 amide bonds. The van der Waals surface area contributed by atoms with Crippen molar-refractivity contribution in [3.05, 3.63) is 82.2 Å². The zero-order valence-corrected chi connectivity index (χ0v) is 20.6. The number of aliphatic hydroxyl groups excluding tert-OH is 1. The van der Waals surface area contributed by atoms with Crippen molar-refractivity contribution in [2.75, 3.05) is 0 Å². The van der Waals surface area contributed by atoms with Crippen LogP contribution >= 0.6 is 0 Å². The summed E-state index contributed by atoms with van der Waals surface area (Å²) in [6.45, 7) is -0.407. The van der Waals surface area contributed by atoms with Crippen molar-refractivity contribution < 1.29 is 18.7 Å². The number of benzene rings is 1. The van der Waals surface area contributed by atoms with Crippen LogP contribution < -0.4 is 10.9 Å². The number of fused-ring (bicyclic) bond motifs is 1. The molecule has 2 N–H and O–H groups in total. The third-order valence-electron chi connectivity index (χ3n) is 7.45. The van der Waals surface area contributed by atoms with Crippen LogP contribution in [0.5, 0.6) is 0 Å². The van der Waals surface area contributed by atoms with Gasteiger partial charge in [-0.2, -0.15) is 5.10 Å². The van der Waals surface area contributed by atoms with Crippen molar-refractivity contribution in [1.82, 2.24) is 24.6 Å². The molecule has 0 aliphatic heterocycles. The molecule has 0 bridgehead atoms. The molecule has 3 aromatic heterocycles. The molecule has 2 aliphatic carbocycles. The van der Waals surface area contributed by atoms with Gasteiger partial charge in [0.2, 0.25) is 0 Å². The van der Waals surface area contributed by atoms with Gasteiger partial charge in [-0.05, 0) is 55.5 Å². The largest absolute Gasteiger partial charge is 0.391 e. The van der Waals surface area contributed by atoms with E-state index in [1.807, 2.05) is 0 Å². The first-order valence-corrected chi connectivity index (χ1v) is 12.9. The number of pyridine rings is 2. The number of aliphatic hydroxyl groups is 1. The Kier molecular flexibility index (Phi) is 6.27. The van der Waals surface area contributed by atoms with Gasteiger partial charge in [0.15, 0.2) is 0 Å². The number of hydrogen-bond donors (Lipinski definition) is 2. The fraction of sp³-hybridized carbons (Fsp3) is 0.357. The predicted molar refractivity (Wildman–Crippen MR) is 137 cm³/mol. The van der Waals surface area contributed by atoms with E-state index in [0.717, 1.165) is 30.3 Å². The summed E-state index contributed by atoms with van der Waals surface area (Å²) < 4.78 is 33.4. The normalized spacial score (nSPS) is 19.6. The van der Waals surface area contributed by atoms with E-state index < -0.39 is 41.8 Å². The van der Waals surface area contributed by atoms with Crippen molar-refractivity contribution in [3.63, 3.8) is 0 Å². The summed E-state index contributed by atoms with van der Waals surface area (Å²) in [7, 11) is 0. The highest BCUT2D eigenvalue weighted by Crippen LogP contribution is 2.35. The van der Waals surface area contributed by atoms with Crippen molar-refractivity contribution >= 4 is 16.8 Å². The van der Waals surface area contributed by atoms with Crippen LogP contribution in [0.1, 0.15) is 60.5 Å². The fourth-order valence-corrected chi connectivity index (χ4v) is 5.15. The van der Waals surface area contributed by atoms with Crippen LogP contribution in [0.2, 0.25) is 0 Å². The first-order valence-electron chi connectivity index (χ1n) is 12.9. The van der Waals surface area contributed by atoms with Crippen molar-refractivity contribution in [2.24, 2.45) is 0 Å². The third kappa shape index (κ3) is 4.60. The van der Waals surface area contributed by atoms with Gasteiger partial charge in [-0.15, -0.1) is 0 Å². The van der Waals surface area contributed by atoms with Crippen LogP contribution in [0.25, 0.3) is 22.0 Å². The Balaban J connectivity index is 1.34. The second kappa shape index (κ2) is 9.75. The lowest BCUT2D eigenvalue weighted by Crippen LogP contribution is -2.45. The summed E-state index contributed by atoms with van der Waals surface area (Å²) >= 11 is 0. The van der Waals surface area contributed by atoms with Crippen LogP contribution in [0.4, 0.5) is 8.78 Å².